The van der Waals surface area contributed by atoms with E-state index in [9.17, 15) is 17.6 Å². The standard InChI is InChI=1S/C22H19FN4O3S/c23-19-5-1-2-6-20(19)26-31(29,30)18-10-8-16(9-11-18)22(28)24-13-12-17-15-27-14-4-3-7-21(27)25-17/h1-11,14-15,26H,12-13H2,(H,24,28). The highest BCUT2D eigenvalue weighted by molar-refractivity contribution is 7.92. The number of imidazole rings is 1. The third kappa shape index (κ3) is 4.72. The van der Waals surface area contributed by atoms with Gasteiger partial charge in [0, 0.05) is 30.9 Å². The van der Waals surface area contributed by atoms with Gasteiger partial charge in [-0.25, -0.2) is 17.8 Å². The molecule has 2 aromatic heterocycles. The van der Waals surface area contributed by atoms with Gasteiger partial charge in [-0.15, -0.1) is 0 Å². The number of benzene rings is 2. The van der Waals surface area contributed by atoms with Crippen LogP contribution in [0.5, 0.6) is 0 Å². The van der Waals surface area contributed by atoms with Gasteiger partial charge in [0.25, 0.3) is 15.9 Å². The lowest BCUT2D eigenvalue weighted by Crippen LogP contribution is -2.25. The van der Waals surface area contributed by atoms with Crippen LogP contribution in [0.25, 0.3) is 5.65 Å². The van der Waals surface area contributed by atoms with Crippen molar-refractivity contribution in [3.05, 3.63) is 96.2 Å². The van der Waals surface area contributed by atoms with Crippen LogP contribution in [-0.4, -0.2) is 30.3 Å². The Bertz CT molecular complexity index is 1300. The Hall–Kier alpha value is -3.72. The van der Waals surface area contributed by atoms with E-state index in [0.29, 0.717) is 18.5 Å². The van der Waals surface area contributed by atoms with Gasteiger partial charge in [0.2, 0.25) is 0 Å². The molecule has 4 rings (SSSR count). The highest BCUT2D eigenvalue weighted by atomic mass is 32.2. The van der Waals surface area contributed by atoms with Crippen molar-refractivity contribution in [2.75, 3.05) is 11.3 Å². The Balaban J connectivity index is 1.36. The van der Waals surface area contributed by atoms with Gasteiger partial charge in [-0.05, 0) is 48.5 Å². The minimum atomic E-state index is -3.98. The maximum atomic E-state index is 13.7. The number of nitrogens with one attached hydrogen (secondary N) is 2. The van der Waals surface area contributed by atoms with Crippen molar-refractivity contribution in [2.45, 2.75) is 11.3 Å². The first-order valence-corrected chi connectivity index (χ1v) is 11.0. The fraction of sp³-hybridized carbons (Fsp3) is 0.0909. The third-order valence-electron chi connectivity index (χ3n) is 4.63. The first-order valence-electron chi connectivity index (χ1n) is 9.51. The molecule has 158 valence electrons. The molecular weight excluding hydrogens is 419 g/mol. The summed E-state index contributed by atoms with van der Waals surface area (Å²) < 4.78 is 42.7. The summed E-state index contributed by atoms with van der Waals surface area (Å²) in [5, 5.41) is 2.79. The van der Waals surface area contributed by atoms with Gasteiger partial charge in [0.1, 0.15) is 11.5 Å². The smallest absolute Gasteiger partial charge is 0.261 e. The molecule has 0 aliphatic carbocycles. The van der Waals surface area contributed by atoms with Crippen LogP contribution < -0.4 is 10.0 Å². The third-order valence-corrected chi connectivity index (χ3v) is 6.01. The summed E-state index contributed by atoms with van der Waals surface area (Å²) in [7, 11) is -3.98. The van der Waals surface area contributed by atoms with Crippen molar-refractivity contribution in [3.63, 3.8) is 0 Å². The SMILES string of the molecule is O=C(NCCc1cn2ccccc2n1)c1ccc(S(=O)(=O)Nc2ccccc2F)cc1. The molecule has 4 aromatic rings. The Morgan fingerprint density at radius 2 is 1.74 bits per heavy atom. The molecule has 0 spiro atoms. The number of para-hydroxylation sites is 1. The van der Waals surface area contributed by atoms with Crippen molar-refractivity contribution in [1.29, 1.82) is 0 Å². The number of fused-ring (bicyclic) bond motifs is 1. The topological polar surface area (TPSA) is 92.6 Å². The van der Waals surface area contributed by atoms with Crippen LogP contribution in [0.2, 0.25) is 0 Å². The molecule has 2 heterocycles. The van der Waals surface area contributed by atoms with E-state index in [1.54, 1.807) is 0 Å². The Morgan fingerprint density at radius 3 is 2.48 bits per heavy atom. The summed E-state index contributed by atoms with van der Waals surface area (Å²) >= 11 is 0. The zero-order chi connectivity index (χ0) is 21.8. The van der Waals surface area contributed by atoms with E-state index in [1.807, 2.05) is 35.0 Å². The highest BCUT2D eigenvalue weighted by Crippen LogP contribution is 2.19. The minimum Gasteiger partial charge on any atom is -0.352 e. The molecule has 7 nitrogen and oxygen atoms in total. The van der Waals surface area contributed by atoms with Crippen LogP contribution >= 0.6 is 0 Å². The Morgan fingerprint density at radius 1 is 1.00 bits per heavy atom. The first-order chi connectivity index (χ1) is 14.9. The molecule has 1 amide bonds. The van der Waals surface area contributed by atoms with Crippen molar-refractivity contribution < 1.29 is 17.6 Å². The molecule has 0 bridgehead atoms. The van der Waals surface area contributed by atoms with Crippen LogP contribution in [0.4, 0.5) is 10.1 Å². The second-order valence-corrected chi connectivity index (χ2v) is 8.50. The van der Waals surface area contributed by atoms with Gasteiger partial charge in [-0.2, -0.15) is 0 Å². The number of carbonyl (C=O) groups excluding carboxylic acids is 1. The van der Waals surface area contributed by atoms with Crippen LogP contribution in [0.15, 0.2) is 84.0 Å². The van der Waals surface area contributed by atoms with E-state index in [1.165, 1.54) is 42.5 Å². The predicted molar refractivity (Wildman–Crippen MR) is 115 cm³/mol. The quantitative estimate of drug-likeness (QED) is 0.463. The number of hydrogen-bond donors (Lipinski definition) is 2. The van der Waals surface area contributed by atoms with Gasteiger partial charge in [-0.3, -0.25) is 9.52 Å². The average molecular weight is 438 g/mol. The summed E-state index contributed by atoms with van der Waals surface area (Å²) in [5.41, 5.74) is 1.87. The molecule has 2 N–H and O–H groups in total. The molecule has 0 fully saturated rings. The molecule has 0 saturated carbocycles. The summed E-state index contributed by atoms with van der Waals surface area (Å²) in [6.07, 6.45) is 4.37. The molecule has 0 atom stereocenters. The molecule has 2 aromatic carbocycles. The highest BCUT2D eigenvalue weighted by Gasteiger charge is 2.17. The predicted octanol–water partition coefficient (Wildman–Crippen LogP) is 3.25. The molecule has 0 saturated heterocycles. The van der Waals surface area contributed by atoms with E-state index < -0.39 is 15.8 Å². The lowest BCUT2D eigenvalue weighted by Gasteiger charge is -2.09. The number of nitrogens with zero attached hydrogens (tertiary/aromatic N) is 2. The number of amides is 1. The minimum absolute atomic E-state index is 0.0722. The van der Waals surface area contributed by atoms with E-state index in [0.717, 1.165) is 17.4 Å². The van der Waals surface area contributed by atoms with E-state index in [4.69, 9.17) is 0 Å². The molecular formula is C22H19FN4O3S. The monoisotopic (exact) mass is 438 g/mol. The number of carbonyl (C=O) groups is 1. The molecule has 0 radical (unpaired) electrons. The number of anilines is 1. The van der Waals surface area contributed by atoms with Gasteiger partial charge in [0.15, 0.2) is 0 Å². The maximum absolute atomic E-state index is 13.7. The number of halogens is 1. The zero-order valence-corrected chi connectivity index (χ0v) is 17.1. The fourth-order valence-electron chi connectivity index (χ4n) is 3.05. The molecule has 9 heteroatoms. The first kappa shape index (κ1) is 20.5. The van der Waals surface area contributed by atoms with E-state index in [2.05, 4.69) is 15.0 Å². The van der Waals surface area contributed by atoms with Gasteiger partial charge < -0.3 is 9.72 Å². The van der Waals surface area contributed by atoms with E-state index in [-0.39, 0.29) is 16.5 Å². The molecule has 0 aliphatic rings. The van der Waals surface area contributed by atoms with Crippen LogP contribution in [0, 0.1) is 5.82 Å². The summed E-state index contributed by atoms with van der Waals surface area (Å²) in [5.74, 6) is -0.998. The fourth-order valence-corrected chi connectivity index (χ4v) is 4.11. The Labute approximate surface area is 178 Å². The van der Waals surface area contributed by atoms with Crippen molar-refractivity contribution in [2.24, 2.45) is 0 Å². The number of hydrogen-bond acceptors (Lipinski definition) is 4. The number of aromatic nitrogens is 2. The average Bonchev–Trinajstić information content (AvgIpc) is 3.18. The normalized spacial score (nSPS) is 11.4. The number of pyridine rings is 1. The van der Waals surface area contributed by atoms with Crippen molar-refractivity contribution in [1.82, 2.24) is 14.7 Å². The van der Waals surface area contributed by atoms with Crippen LogP contribution in [-0.2, 0) is 16.4 Å². The molecule has 0 aliphatic heterocycles. The summed E-state index contributed by atoms with van der Waals surface area (Å²) in [6.45, 7) is 0.387. The van der Waals surface area contributed by atoms with Gasteiger partial charge >= 0.3 is 0 Å². The van der Waals surface area contributed by atoms with Crippen LogP contribution in [0.3, 0.4) is 0 Å². The number of sulfonamides is 1. The second kappa shape index (κ2) is 8.57. The second-order valence-electron chi connectivity index (χ2n) is 6.81. The Kier molecular flexibility index (Phi) is 5.68. The van der Waals surface area contributed by atoms with Crippen LogP contribution in [0.1, 0.15) is 16.1 Å². The zero-order valence-electron chi connectivity index (χ0n) is 16.3. The number of rotatable bonds is 7. The van der Waals surface area contributed by atoms with Crippen molar-refractivity contribution in [3.8, 4) is 0 Å². The van der Waals surface area contributed by atoms with Gasteiger partial charge in [-0.1, -0.05) is 18.2 Å². The molecule has 31 heavy (non-hydrogen) atoms. The lowest BCUT2D eigenvalue weighted by molar-refractivity contribution is 0.0954. The van der Waals surface area contributed by atoms with Gasteiger partial charge in [0.05, 0.1) is 16.3 Å². The summed E-state index contributed by atoms with van der Waals surface area (Å²) in [4.78, 5) is 16.8. The lowest BCUT2D eigenvalue weighted by atomic mass is 10.2. The molecule has 0 unspecified atom stereocenters. The summed E-state index contributed by atoms with van der Waals surface area (Å²) in [6, 6.07) is 16.6. The largest absolute Gasteiger partial charge is 0.352 e. The van der Waals surface area contributed by atoms with Crippen molar-refractivity contribution >= 4 is 27.3 Å². The maximum Gasteiger partial charge on any atom is 0.261 e. The van der Waals surface area contributed by atoms with E-state index >= 15 is 0 Å².